The van der Waals surface area contributed by atoms with E-state index >= 15 is 0 Å². The van der Waals surface area contributed by atoms with Crippen molar-refractivity contribution >= 4 is 17.8 Å². The van der Waals surface area contributed by atoms with E-state index < -0.39 is 12.0 Å². The second kappa shape index (κ2) is 5.63. The number of rotatable bonds is 4. The van der Waals surface area contributed by atoms with Crippen molar-refractivity contribution in [3.05, 3.63) is 0 Å². The van der Waals surface area contributed by atoms with E-state index in [1.54, 1.807) is 6.92 Å². The summed E-state index contributed by atoms with van der Waals surface area (Å²) in [6.07, 6.45) is 2.45. The molecule has 0 aromatic rings. The molecule has 1 aliphatic heterocycles. The van der Waals surface area contributed by atoms with Gasteiger partial charge < -0.3 is 5.11 Å². The van der Waals surface area contributed by atoms with Crippen LogP contribution in [0.4, 0.5) is 0 Å². The first-order valence-corrected chi connectivity index (χ1v) is 5.63. The van der Waals surface area contributed by atoms with E-state index in [2.05, 4.69) is 0 Å². The number of carbonyl (C=O) groups excluding carboxylic acids is 2. The predicted molar refractivity (Wildman–Crippen MR) is 56.7 cm³/mol. The number of hydrogen-bond donors (Lipinski definition) is 1. The lowest BCUT2D eigenvalue weighted by Crippen LogP contribution is -2.44. The first-order chi connectivity index (χ1) is 7.56. The van der Waals surface area contributed by atoms with Crippen molar-refractivity contribution in [3.8, 4) is 0 Å². The average Bonchev–Trinajstić information content (AvgIpc) is 2.37. The summed E-state index contributed by atoms with van der Waals surface area (Å²) in [5.41, 5.74) is 0. The quantitative estimate of drug-likeness (QED) is 0.731. The molecule has 1 rings (SSSR count). The molecule has 1 N–H and O–H groups in total. The summed E-state index contributed by atoms with van der Waals surface area (Å²) < 4.78 is 0. The molecule has 0 saturated carbocycles. The van der Waals surface area contributed by atoms with Crippen LogP contribution in [0.1, 0.15) is 45.4 Å². The van der Waals surface area contributed by atoms with Gasteiger partial charge in [-0.15, -0.1) is 0 Å². The average molecular weight is 227 g/mol. The molecule has 0 bridgehead atoms. The Kier molecular flexibility index (Phi) is 4.46. The van der Waals surface area contributed by atoms with E-state index in [0.29, 0.717) is 32.1 Å². The Morgan fingerprint density at radius 3 is 2.19 bits per heavy atom. The molecule has 16 heavy (non-hydrogen) atoms. The molecule has 1 fully saturated rings. The summed E-state index contributed by atoms with van der Waals surface area (Å²) in [6.45, 7) is 1.79. The third kappa shape index (κ3) is 3.05. The number of carboxylic acids is 1. The van der Waals surface area contributed by atoms with E-state index in [-0.39, 0.29) is 18.2 Å². The molecule has 2 amide bonds. The minimum absolute atomic E-state index is 0.159. The maximum absolute atomic E-state index is 11.7. The molecular formula is C11H17NO4. The molecule has 0 aliphatic carbocycles. The second-order valence-corrected chi connectivity index (χ2v) is 4.02. The summed E-state index contributed by atoms with van der Waals surface area (Å²) in [6, 6.07) is -0.490. The molecular weight excluding hydrogens is 210 g/mol. The highest BCUT2D eigenvalue weighted by Gasteiger charge is 2.31. The van der Waals surface area contributed by atoms with E-state index in [9.17, 15) is 14.4 Å². The highest BCUT2D eigenvalue weighted by molar-refractivity contribution is 5.96. The summed E-state index contributed by atoms with van der Waals surface area (Å²) in [5.74, 6) is -1.43. The fourth-order valence-corrected chi connectivity index (χ4v) is 1.96. The minimum atomic E-state index is -0.975. The third-order valence-corrected chi connectivity index (χ3v) is 2.82. The largest absolute Gasteiger partial charge is 0.481 e. The molecule has 1 saturated heterocycles. The molecule has 1 unspecified atom stereocenters. The number of aliphatic carboxylic acids is 1. The van der Waals surface area contributed by atoms with Gasteiger partial charge in [0.25, 0.3) is 0 Å². The smallest absolute Gasteiger partial charge is 0.305 e. The zero-order valence-electron chi connectivity index (χ0n) is 9.44. The molecule has 0 spiro atoms. The maximum Gasteiger partial charge on any atom is 0.305 e. The summed E-state index contributed by atoms with van der Waals surface area (Å²) in [5, 5.41) is 8.74. The SMILES string of the molecule is CCC(CC(=O)O)N1C(=O)CCCCC1=O. The summed E-state index contributed by atoms with van der Waals surface area (Å²) in [7, 11) is 0. The molecule has 1 atom stereocenters. The van der Waals surface area contributed by atoms with Crippen LogP contribution in [0, 0.1) is 0 Å². The van der Waals surface area contributed by atoms with Crippen LogP contribution in [0.25, 0.3) is 0 Å². The Hall–Kier alpha value is -1.39. The van der Waals surface area contributed by atoms with E-state index in [1.165, 1.54) is 4.90 Å². The third-order valence-electron chi connectivity index (χ3n) is 2.82. The van der Waals surface area contributed by atoms with Crippen LogP contribution in [0.3, 0.4) is 0 Å². The normalized spacial score (nSPS) is 19.4. The van der Waals surface area contributed by atoms with Gasteiger partial charge in [0.2, 0.25) is 11.8 Å². The van der Waals surface area contributed by atoms with Crippen molar-refractivity contribution in [2.24, 2.45) is 0 Å². The predicted octanol–water partition coefficient (Wildman–Crippen LogP) is 1.17. The van der Waals surface area contributed by atoms with Crippen molar-refractivity contribution in [3.63, 3.8) is 0 Å². The lowest BCUT2D eigenvalue weighted by atomic mass is 10.1. The molecule has 5 heteroatoms. The number of nitrogens with zero attached hydrogens (tertiary/aromatic N) is 1. The fourth-order valence-electron chi connectivity index (χ4n) is 1.96. The number of carboxylic acid groups (broad SMARTS) is 1. The fraction of sp³-hybridized carbons (Fsp3) is 0.727. The molecule has 0 aromatic carbocycles. The number of imide groups is 1. The first-order valence-electron chi connectivity index (χ1n) is 5.63. The van der Waals surface area contributed by atoms with Crippen LogP contribution in [-0.4, -0.2) is 33.8 Å². The topological polar surface area (TPSA) is 74.7 Å². The molecule has 5 nitrogen and oxygen atoms in total. The van der Waals surface area contributed by atoms with E-state index in [0.717, 1.165) is 0 Å². The van der Waals surface area contributed by atoms with Gasteiger partial charge >= 0.3 is 5.97 Å². The Morgan fingerprint density at radius 1 is 1.31 bits per heavy atom. The van der Waals surface area contributed by atoms with Gasteiger partial charge in [0.15, 0.2) is 0 Å². The van der Waals surface area contributed by atoms with Crippen molar-refractivity contribution in [2.45, 2.75) is 51.5 Å². The standard InChI is InChI=1S/C11H17NO4/c1-2-8(7-11(15)16)12-9(13)5-3-4-6-10(12)14/h8H,2-7H2,1H3,(H,15,16). The number of hydrogen-bond acceptors (Lipinski definition) is 3. The highest BCUT2D eigenvalue weighted by Crippen LogP contribution is 2.18. The molecule has 1 heterocycles. The number of carbonyl (C=O) groups is 3. The minimum Gasteiger partial charge on any atom is -0.481 e. The Morgan fingerprint density at radius 2 is 1.81 bits per heavy atom. The lowest BCUT2D eigenvalue weighted by molar-refractivity contribution is -0.148. The van der Waals surface area contributed by atoms with Gasteiger partial charge in [0.05, 0.1) is 6.42 Å². The lowest BCUT2D eigenvalue weighted by Gasteiger charge is -2.27. The van der Waals surface area contributed by atoms with Crippen molar-refractivity contribution in [1.82, 2.24) is 4.90 Å². The van der Waals surface area contributed by atoms with Gasteiger partial charge in [0.1, 0.15) is 0 Å². The summed E-state index contributed by atoms with van der Waals surface area (Å²) in [4.78, 5) is 35.3. The number of likely N-dealkylation sites (tertiary alicyclic amines) is 1. The maximum atomic E-state index is 11.7. The van der Waals surface area contributed by atoms with Crippen molar-refractivity contribution < 1.29 is 19.5 Å². The zero-order valence-corrected chi connectivity index (χ0v) is 9.44. The van der Waals surface area contributed by atoms with Gasteiger partial charge in [-0.3, -0.25) is 19.3 Å². The van der Waals surface area contributed by atoms with E-state index in [4.69, 9.17) is 5.11 Å². The van der Waals surface area contributed by atoms with Gasteiger partial charge in [-0.05, 0) is 19.3 Å². The van der Waals surface area contributed by atoms with Gasteiger partial charge in [-0.2, -0.15) is 0 Å². The van der Waals surface area contributed by atoms with Gasteiger partial charge in [-0.25, -0.2) is 0 Å². The molecule has 90 valence electrons. The van der Waals surface area contributed by atoms with Crippen LogP contribution in [-0.2, 0) is 14.4 Å². The first kappa shape index (κ1) is 12.7. The van der Waals surface area contributed by atoms with Crippen LogP contribution in [0.15, 0.2) is 0 Å². The monoisotopic (exact) mass is 227 g/mol. The van der Waals surface area contributed by atoms with Crippen molar-refractivity contribution in [2.75, 3.05) is 0 Å². The van der Waals surface area contributed by atoms with Crippen LogP contribution < -0.4 is 0 Å². The van der Waals surface area contributed by atoms with Crippen LogP contribution in [0.2, 0.25) is 0 Å². The molecule has 1 aliphatic rings. The Bertz CT molecular complexity index is 282. The second-order valence-electron chi connectivity index (χ2n) is 4.02. The molecule has 0 aromatic heterocycles. The van der Waals surface area contributed by atoms with Crippen LogP contribution in [0.5, 0.6) is 0 Å². The Labute approximate surface area is 94.4 Å². The van der Waals surface area contributed by atoms with Gasteiger partial charge in [-0.1, -0.05) is 6.92 Å². The zero-order chi connectivity index (χ0) is 12.1. The van der Waals surface area contributed by atoms with Crippen molar-refractivity contribution in [1.29, 1.82) is 0 Å². The number of amides is 2. The summed E-state index contributed by atoms with van der Waals surface area (Å²) >= 11 is 0. The van der Waals surface area contributed by atoms with E-state index in [1.807, 2.05) is 0 Å². The highest BCUT2D eigenvalue weighted by atomic mass is 16.4. The Balaban J connectivity index is 2.81. The molecule has 0 radical (unpaired) electrons. The van der Waals surface area contributed by atoms with Crippen LogP contribution >= 0.6 is 0 Å². The van der Waals surface area contributed by atoms with Gasteiger partial charge in [0, 0.05) is 18.9 Å².